The summed E-state index contributed by atoms with van der Waals surface area (Å²) < 4.78 is 0. The second-order valence-corrected chi connectivity index (χ2v) is 7.61. The molecule has 3 nitrogen and oxygen atoms in total. The quantitative estimate of drug-likeness (QED) is 0.560. The first-order valence-electron chi connectivity index (χ1n) is 8.56. The fraction of sp³-hybridized carbons (Fsp3) is 0.500. The molecule has 1 aromatic carbocycles. The summed E-state index contributed by atoms with van der Waals surface area (Å²) in [5.41, 5.74) is 2.19. The number of nitrogens with one attached hydrogen (secondary N) is 1. The van der Waals surface area contributed by atoms with E-state index in [1.54, 1.807) is 24.3 Å². The molecule has 0 spiro atoms. The molecule has 0 atom stereocenters. The molecular formula is C20H25ClN2O. The Balaban J connectivity index is 2.09. The van der Waals surface area contributed by atoms with Crippen molar-refractivity contribution in [2.75, 3.05) is 5.32 Å². The number of halogens is 1. The highest BCUT2D eigenvalue weighted by Gasteiger charge is 2.31. The van der Waals surface area contributed by atoms with E-state index in [9.17, 15) is 10.1 Å². The number of nitriles is 1. The van der Waals surface area contributed by atoms with Crippen LogP contribution in [0.2, 0.25) is 5.02 Å². The molecule has 128 valence electrons. The van der Waals surface area contributed by atoms with Crippen LogP contribution in [0, 0.1) is 22.7 Å². The molecular weight excluding hydrogens is 320 g/mol. The molecule has 1 aromatic rings. The summed E-state index contributed by atoms with van der Waals surface area (Å²) in [7, 11) is 0. The molecule has 1 amide bonds. The third kappa shape index (κ3) is 4.39. The Kier molecular flexibility index (Phi) is 6.07. The topological polar surface area (TPSA) is 52.9 Å². The number of benzene rings is 1. The molecule has 1 aliphatic carbocycles. The fourth-order valence-electron chi connectivity index (χ4n) is 3.34. The number of carbonyl (C=O) groups excluding carboxylic acids is 1. The zero-order valence-electron chi connectivity index (χ0n) is 14.7. The lowest BCUT2D eigenvalue weighted by molar-refractivity contribution is -0.112. The Morgan fingerprint density at radius 3 is 2.58 bits per heavy atom. The Morgan fingerprint density at radius 2 is 2.04 bits per heavy atom. The number of nitrogens with zero attached hydrogens (tertiary/aromatic N) is 1. The standard InChI is InChI=1S/C20H25ClN2O/c1-4-20(2,3)15-10-8-14(9-11-15)18(13-22)19(24)23-17-7-5-6-16(21)12-17/h5-7,12,15H,4,8-11H2,1-3H3,(H,23,24). The molecule has 24 heavy (non-hydrogen) atoms. The van der Waals surface area contributed by atoms with Crippen molar-refractivity contribution >= 4 is 23.2 Å². The van der Waals surface area contributed by atoms with Gasteiger partial charge in [0, 0.05) is 10.7 Å². The normalized spacial score (nSPS) is 18.0. The summed E-state index contributed by atoms with van der Waals surface area (Å²) in [6.45, 7) is 6.84. The van der Waals surface area contributed by atoms with E-state index in [0.717, 1.165) is 37.7 Å². The van der Waals surface area contributed by atoms with Crippen LogP contribution in [0.3, 0.4) is 0 Å². The maximum absolute atomic E-state index is 12.5. The lowest BCUT2D eigenvalue weighted by atomic mass is 9.68. The van der Waals surface area contributed by atoms with Crippen LogP contribution < -0.4 is 5.32 Å². The lowest BCUT2D eigenvalue weighted by Gasteiger charge is -2.37. The van der Waals surface area contributed by atoms with Crippen LogP contribution in [-0.4, -0.2) is 5.91 Å². The van der Waals surface area contributed by atoms with Crippen molar-refractivity contribution in [3.05, 3.63) is 40.4 Å². The van der Waals surface area contributed by atoms with E-state index in [4.69, 9.17) is 11.6 Å². The molecule has 0 heterocycles. The third-order valence-electron chi connectivity index (χ3n) is 5.38. The van der Waals surface area contributed by atoms with Crippen LogP contribution in [0.4, 0.5) is 5.69 Å². The van der Waals surface area contributed by atoms with Crippen LogP contribution in [-0.2, 0) is 4.79 Å². The van der Waals surface area contributed by atoms with Gasteiger partial charge in [-0.1, -0.05) is 44.9 Å². The van der Waals surface area contributed by atoms with E-state index in [1.807, 2.05) is 0 Å². The van der Waals surface area contributed by atoms with Gasteiger partial charge >= 0.3 is 0 Å². The smallest absolute Gasteiger partial charge is 0.266 e. The molecule has 1 saturated carbocycles. The highest BCUT2D eigenvalue weighted by Crippen LogP contribution is 2.42. The van der Waals surface area contributed by atoms with Crippen LogP contribution in [0.25, 0.3) is 0 Å². The number of hydrogen-bond donors (Lipinski definition) is 1. The minimum absolute atomic E-state index is 0.266. The Morgan fingerprint density at radius 1 is 1.38 bits per heavy atom. The number of amides is 1. The summed E-state index contributed by atoms with van der Waals surface area (Å²) in [5.74, 6) is 0.324. The van der Waals surface area contributed by atoms with Crippen molar-refractivity contribution in [2.24, 2.45) is 11.3 Å². The highest BCUT2D eigenvalue weighted by molar-refractivity contribution is 6.31. The molecule has 0 saturated heterocycles. The van der Waals surface area contributed by atoms with E-state index < -0.39 is 0 Å². The lowest BCUT2D eigenvalue weighted by Crippen LogP contribution is -2.27. The van der Waals surface area contributed by atoms with Crippen LogP contribution >= 0.6 is 11.6 Å². The van der Waals surface area contributed by atoms with Gasteiger partial charge in [0.05, 0.1) is 0 Å². The Labute approximate surface area is 149 Å². The first-order chi connectivity index (χ1) is 11.4. The summed E-state index contributed by atoms with van der Waals surface area (Å²) in [6.07, 6.45) is 4.91. The largest absolute Gasteiger partial charge is 0.321 e. The number of anilines is 1. The van der Waals surface area contributed by atoms with E-state index >= 15 is 0 Å². The van der Waals surface area contributed by atoms with Gasteiger partial charge in [0.25, 0.3) is 5.91 Å². The highest BCUT2D eigenvalue weighted by atomic mass is 35.5. The van der Waals surface area contributed by atoms with Crippen molar-refractivity contribution in [1.29, 1.82) is 5.26 Å². The van der Waals surface area contributed by atoms with Gasteiger partial charge in [-0.3, -0.25) is 4.79 Å². The predicted molar refractivity (Wildman–Crippen MR) is 98.8 cm³/mol. The van der Waals surface area contributed by atoms with Gasteiger partial charge in [-0.15, -0.1) is 0 Å². The molecule has 0 aliphatic heterocycles. The third-order valence-corrected chi connectivity index (χ3v) is 5.62. The maximum atomic E-state index is 12.5. The molecule has 0 radical (unpaired) electrons. The monoisotopic (exact) mass is 344 g/mol. The van der Waals surface area contributed by atoms with Crippen molar-refractivity contribution < 1.29 is 4.79 Å². The number of allylic oxidation sites excluding steroid dienone is 1. The van der Waals surface area contributed by atoms with Crippen molar-refractivity contribution in [1.82, 2.24) is 0 Å². The minimum Gasteiger partial charge on any atom is -0.321 e. The molecule has 2 rings (SSSR count). The summed E-state index contributed by atoms with van der Waals surface area (Å²) in [5, 5.41) is 12.8. The van der Waals surface area contributed by atoms with E-state index in [-0.39, 0.29) is 11.5 Å². The molecule has 4 heteroatoms. The number of carbonyl (C=O) groups is 1. The van der Waals surface area contributed by atoms with E-state index in [2.05, 4.69) is 32.2 Å². The van der Waals surface area contributed by atoms with Crippen LogP contribution in [0.15, 0.2) is 35.4 Å². The molecule has 0 unspecified atom stereocenters. The van der Waals surface area contributed by atoms with Gasteiger partial charge in [-0.2, -0.15) is 5.26 Å². The van der Waals surface area contributed by atoms with Crippen molar-refractivity contribution in [3.63, 3.8) is 0 Å². The predicted octanol–water partition coefficient (Wildman–Crippen LogP) is 5.73. The van der Waals surface area contributed by atoms with E-state index in [0.29, 0.717) is 22.0 Å². The second-order valence-electron chi connectivity index (χ2n) is 7.17. The maximum Gasteiger partial charge on any atom is 0.266 e. The summed E-state index contributed by atoms with van der Waals surface area (Å²) >= 11 is 5.93. The van der Waals surface area contributed by atoms with Crippen LogP contribution in [0.1, 0.15) is 52.9 Å². The van der Waals surface area contributed by atoms with Gasteiger partial charge in [-0.05, 0) is 60.8 Å². The molecule has 1 aliphatic rings. The van der Waals surface area contributed by atoms with Gasteiger partial charge in [0.1, 0.15) is 11.6 Å². The SMILES string of the molecule is CCC(C)(C)C1CCC(=C(C#N)C(=O)Nc2cccc(Cl)c2)CC1. The van der Waals surface area contributed by atoms with E-state index in [1.165, 1.54) is 0 Å². The molecule has 0 aromatic heterocycles. The van der Waals surface area contributed by atoms with Gasteiger partial charge in [-0.25, -0.2) is 0 Å². The average Bonchev–Trinajstić information content (AvgIpc) is 2.56. The minimum atomic E-state index is -0.331. The molecule has 1 N–H and O–H groups in total. The first kappa shape index (κ1) is 18.5. The van der Waals surface area contributed by atoms with Crippen molar-refractivity contribution in [3.8, 4) is 6.07 Å². The summed E-state index contributed by atoms with van der Waals surface area (Å²) in [4.78, 5) is 12.5. The van der Waals surface area contributed by atoms with Crippen molar-refractivity contribution in [2.45, 2.75) is 52.9 Å². The second kappa shape index (κ2) is 7.85. The van der Waals surface area contributed by atoms with Gasteiger partial charge in [0.15, 0.2) is 0 Å². The molecule has 0 bridgehead atoms. The van der Waals surface area contributed by atoms with Crippen LogP contribution in [0.5, 0.6) is 0 Å². The summed E-state index contributed by atoms with van der Waals surface area (Å²) in [6, 6.07) is 9.08. The Hall–Kier alpha value is -1.79. The Bertz CT molecular complexity index is 675. The zero-order valence-corrected chi connectivity index (χ0v) is 15.4. The molecule has 1 fully saturated rings. The zero-order chi connectivity index (χ0) is 17.7. The fourth-order valence-corrected chi connectivity index (χ4v) is 3.53. The number of hydrogen-bond acceptors (Lipinski definition) is 2. The average molecular weight is 345 g/mol. The van der Waals surface area contributed by atoms with Gasteiger partial charge in [0.2, 0.25) is 0 Å². The van der Waals surface area contributed by atoms with Gasteiger partial charge < -0.3 is 5.32 Å². The first-order valence-corrected chi connectivity index (χ1v) is 8.94. The number of rotatable bonds is 4.